The summed E-state index contributed by atoms with van der Waals surface area (Å²) >= 11 is 3.01. The first-order chi connectivity index (χ1) is 9.72. The zero-order chi connectivity index (χ0) is 13.9. The molecular formula is C11H10N6OS2. The molecule has 1 N–H and O–H groups in total. The number of thiazole rings is 1. The molecule has 0 bridgehead atoms. The molecule has 3 aromatic rings. The van der Waals surface area contributed by atoms with E-state index in [0.29, 0.717) is 11.0 Å². The van der Waals surface area contributed by atoms with Crippen molar-refractivity contribution in [3.05, 3.63) is 28.7 Å². The smallest absolute Gasteiger partial charge is 0.233 e. The first-order valence-corrected chi connectivity index (χ1v) is 7.49. The van der Waals surface area contributed by atoms with Crippen LogP contribution in [0.15, 0.2) is 22.9 Å². The third kappa shape index (κ3) is 2.73. The van der Waals surface area contributed by atoms with Crippen molar-refractivity contribution in [2.45, 2.75) is 6.42 Å². The Labute approximate surface area is 122 Å². The highest BCUT2D eigenvalue weighted by Crippen LogP contribution is 2.28. The molecule has 0 saturated carbocycles. The summed E-state index contributed by atoms with van der Waals surface area (Å²) in [6.45, 7) is 0. The highest BCUT2D eigenvalue weighted by molar-refractivity contribution is 7.16. The second-order valence-electron chi connectivity index (χ2n) is 3.96. The molecule has 0 aliphatic carbocycles. The van der Waals surface area contributed by atoms with E-state index in [0.717, 1.165) is 10.6 Å². The van der Waals surface area contributed by atoms with Crippen LogP contribution in [0.3, 0.4) is 0 Å². The number of nitrogens with one attached hydrogen (secondary N) is 1. The van der Waals surface area contributed by atoms with Crippen molar-refractivity contribution in [1.82, 2.24) is 25.2 Å². The second kappa shape index (κ2) is 5.47. The summed E-state index contributed by atoms with van der Waals surface area (Å²) in [7, 11) is 1.70. The molecule has 0 unspecified atom stereocenters. The minimum atomic E-state index is -0.185. The largest absolute Gasteiger partial charge is 0.302 e. The maximum atomic E-state index is 11.9. The zero-order valence-corrected chi connectivity index (χ0v) is 12.1. The lowest BCUT2D eigenvalue weighted by molar-refractivity contribution is -0.115. The van der Waals surface area contributed by atoms with Crippen molar-refractivity contribution in [2.75, 3.05) is 5.32 Å². The Hall–Kier alpha value is -2.13. The van der Waals surface area contributed by atoms with Gasteiger partial charge in [0, 0.05) is 12.4 Å². The van der Waals surface area contributed by atoms with Crippen LogP contribution in [0.5, 0.6) is 0 Å². The molecule has 0 aliphatic heterocycles. The second-order valence-corrected chi connectivity index (χ2v) is 5.76. The SMILES string of the molecule is Cn1nnnc1CC(=O)Nc1nc(-c2cccs2)cs1. The van der Waals surface area contributed by atoms with E-state index in [2.05, 4.69) is 25.8 Å². The van der Waals surface area contributed by atoms with Crippen molar-refractivity contribution in [3.63, 3.8) is 0 Å². The van der Waals surface area contributed by atoms with Crippen LogP contribution in [0, 0.1) is 0 Å². The molecule has 7 nitrogen and oxygen atoms in total. The van der Waals surface area contributed by atoms with Crippen LogP contribution in [0.25, 0.3) is 10.6 Å². The van der Waals surface area contributed by atoms with Gasteiger partial charge in [0.1, 0.15) is 0 Å². The van der Waals surface area contributed by atoms with E-state index < -0.39 is 0 Å². The fourth-order valence-corrected chi connectivity index (χ4v) is 3.06. The van der Waals surface area contributed by atoms with E-state index in [-0.39, 0.29) is 12.3 Å². The summed E-state index contributed by atoms with van der Waals surface area (Å²) in [4.78, 5) is 17.3. The molecule has 0 fully saturated rings. The number of tetrazole rings is 1. The van der Waals surface area contributed by atoms with Crippen molar-refractivity contribution < 1.29 is 4.79 Å². The van der Waals surface area contributed by atoms with E-state index in [1.54, 1.807) is 18.4 Å². The fraction of sp³-hybridized carbons (Fsp3) is 0.182. The summed E-state index contributed by atoms with van der Waals surface area (Å²) in [5, 5.41) is 18.2. The van der Waals surface area contributed by atoms with E-state index in [1.165, 1.54) is 16.0 Å². The Morgan fingerprint density at radius 1 is 1.45 bits per heavy atom. The van der Waals surface area contributed by atoms with Gasteiger partial charge in [-0.15, -0.1) is 27.8 Å². The third-order valence-electron chi connectivity index (χ3n) is 2.55. The average Bonchev–Trinajstić information content (AvgIpc) is 3.12. The monoisotopic (exact) mass is 306 g/mol. The number of carbonyl (C=O) groups excluding carboxylic acids is 1. The van der Waals surface area contributed by atoms with Gasteiger partial charge in [-0.25, -0.2) is 9.67 Å². The molecule has 0 aromatic carbocycles. The van der Waals surface area contributed by atoms with Crippen LogP contribution < -0.4 is 5.32 Å². The maximum absolute atomic E-state index is 11.9. The third-order valence-corrected chi connectivity index (χ3v) is 4.20. The highest BCUT2D eigenvalue weighted by atomic mass is 32.1. The number of hydrogen-bond acceptors (Lipinski definition) is 7. The van der Waals surface area contributed by atoms with Crippen LogP contribution in [-0.2, 0) is 18.3 Å². The fourth-order valence-electron chi connectivity index (χ4n) is 1.57. The number of aryl methyl sites for hydroxylation is 1. The Morgan fingerprint density at radius 2 is 2.35 bits per heavy atom. The van der Waals surface area contributed by atoms with Crippen LogP contribution in [-0.4, -0.2) is 31.1 Å². The van der Waals surface area contributed by atoms with Gasteiger partial charge in [0.2, 0.25) is 5.91 Å². The van der Waals surface area contributed by atoms with Gasteiger partial charge >= 0.3 is 0 Å². The highest BCUT2D eigenvalue weighted by Gasteiger charge is 2.12. The van der Waals surface area contributed by atoms with Crippen LogP contribution in [0.2, 0.25) is 0 Å². The van der Waals surface area contributed by atoms with E-state index in [4.69, 9.17) is 0 Å². The van der Waals surface area contributed by atoms with Crippen molar-refractivity contribution in [3.8, 4) is 10.6 Å². The van der Waals surface area contributed by atoms with Gasteiger partial charge in [-0.3, -0.25) is 4.79 Å². The number of carbonyl (C=O) groups is 1. The molecule has 9 heteroatoms. The van der Waals surface area contributed by atoms with Gasteiger partial charge in [0.15, 0.2) is 11.0 Å². The molecule has 1 amide bonds. The van der Waals surface area contributed by atoms with Gasteiger partial charge in [-0.2, -0.15) is 0 Å². The lowest BCUT2D eigenvalue weighted by atomic mass is 10.4. The lowest BCUT2D eigenvalue weighted by Gasteiger charge is -1.99. The number of hydrogen-bond donors (Lipinski definition) is 1. The van der Waals surface area contributed by atoms with E-state index >= 15 is 0 Å². The summed E-state index contributed by atoms with van der Waals surface area (Å²) in [5.41, 5.74) is 0.876. The summed E-state index contributed by atoms with van der Waals surface area (Å²) in [6.07, 6.45) is 0.122. The van der Waals surface area contributed by atoms with Gasteiger partial charge in [-0.1, -0.05) is 6.07 Å². The molecule has 20 heavy (non-hydrogen) atoms. The average molecular weight is 306 g/mol. The van der Waals surface area contributed by atoms with Gasteiger partial charge in [0.05, 0.1) is 17.0 Å². The predicted octanol–water partition coefficient (Wildman–Crippen LogP) is 1.58. The van der Waals surface area contributed by atoms with Gasteiger partial charge < -0.3 is 5.32 Å². The topological polar surface area (TPSA) is 85.6 Å². The lowest BCUT2D eigenvalue weighted by Crippen LogP contribution is -2.17. The zero-order valence-electron chi connectivity index (χ0n) is 10.5. The Kier molecular flexibility index (Phi) is 3.52. The molecule has 0 spiro atoms. The van der Waals surface area contributed by atoms with Gasteiger partial charge in [-0.05, 0) is 21.9 Å². The van der Waals surface area contributed by atoms with Crippen molar-refractivity contribution in [1.29, 1.82) is 0 Å². The predicted molar refractivity (Wildman–Crippen MR) is 76.6 cm³/mol. The number of thiophene rings is 1. The number of nitrogens with zero attached hydrogens (tertiary/aromatic N) is 5. The first-order valence-electron chi connectivity index (χ1n) is 5.73. The Morgan fingerprint density at radius 3 is 3.05 bits per heavy atom. The Balaban J connectivity index is 1.66. The Bertz CT molecular complexity index is 717. The number of amides is 1. The van der Waals surface area contributed by atoms with Crippen LogP contribution >= 0.6 is 22.7 Å². The molecule has 3 rings (SSSR count). The summed E-state index contributed by atoms with van der Waals surface area (Å²) < 4.78 is 1.47. The summed E-state index contributed by atoms with van der Waals surface area (Å²) in [6, 6.07) is 3.97. The number of aromatic nitrogens is 5. The van der Waals surface area contributed by atoms with Crippen LogP contribution in [0.1, 0.15) is 5.82 Å². The minimum Gasteiger partial charge on any atom is -0.302 e. The molecule has 3 heterocycles. The molecular weight excluding hydrogens is 296 g/mol. The first kappa shape index (κ1) is 12.9. The molecule has 0 aliphatic rings. The maximum Gasteiger partial charge on any atom is 0.233 e. The van der Waals surface area contributed by atoms with E-state index in [9.17, 15) is 4.79 Å². The standard InChI is InChI=1S/C11H10N6OS2/c1-17-9(14-15-16-17)5-10(18)13-11-12-7(6-20-11)8-3-2-4-19-8/h2-4,6H,5H2,1H3,(H,12,13,18). The quantitative estimate of drug-likeness (QED) is 0.791. The van der Waals surface area contributed by atoms with Crippen molar-refractivity contribution in [2.24, 2.45) is 7.05 Å². The summed E-state index contributed by atoms with van der Waals surface area (Å²) in [5.74, 6) is 0.326. The minimum absolute atomic E-state index is 0.122. The normalized spacial score (nSPS) is 10.7. The molecule has 0 saturated heterocycles. The molecule has 0 atom stereocenters. The van der Waals surface area contributed by atoms with Crippen LogP contribution in [0.4, 0.5) is 5.13 Å². The molecule has 102 valence electrons. The number of anilines is 1. The molecule has 3 aromatic heterocycles. The van der Waals surface area contributed by atoms with E-state index in [1.807, 2.05) is 22.9 Å². The molecule has 0 radical (unpaired) electrons. The van der Waals surface area contributed by atoms with Gasteiger partial charge in [0.25, 0.3) is 0 Å². The number of rotatable bonds is 4. The van der Waals surface area contributed by atoms with Crippen molar-refractivity contribution >= 4 is 33.7 Å².